The third kappa shape index (κ3) is 5.35. The predicted octanol–water partition coefficient (Wildman–Crippen LogP) is 3.27. The van der Waals surface area contributed by atoms with E-state index in [4.69, 9.17) is 4.74 Å². The largest absolute Gasteiger partial charge is 0.462 e. The van der Waals surface area contributed by atoms with Crippen molar-refractivity contribution in [3.63, 3.8) is 0 Å². The minimum atomic E-state index is -3.74. The smallest absolute Gasteiger partial charge is 0.340 e. The van der Waals surface area contributed by atoms with Gasteiger partial charge in [0.05, 0.1) is 29.8 Å². The van der Waals surface area contributed by atoms with E-state index in [1.165, 1.54) is 13.0 Å². The number of hydrogen-bond donors (Lipinski definition) is 1. The van der Waals surface area contributed by atoms with Crippen molar-refractivity contribution in [1.29, 1.82) is 0 Å². The zero-order valence-electron chi connectivity index (χ0n) is 17.2. The van der Waals surface area contributed by atoms with Gasteiger partial charge in [-0.25, -0.2) is 13.2 Å². The number of esters is 1. The lowest BCUT2D eigenvalue weighted by Crippen LogP contribution is -2.45. The van der Waals surface area contributed by atoms with Gasteiger partial charge in [-0.2, -0.15) is 0 Å². The van der Waals surface area contributed by atoms with Crippen LogP contribution in [-0.4, -0.2) is 39.2 Å². The lowest BCUT2D eigenvalue weighted by Gasteiger charge is -2.29. The van der Waals surface area contributed by atoms with Crippen LogP contribution < -0.4 is 9.62 Å². The summed E-state index contributed by atoms with van der Waals surface area (Å²) in [5.41, 5.74) is 2.79. The number of hydrogen-bond acceptors (Lipinski definition) is 5. The van der Waals surface area contributed by atoms with Crippen molar-refractivity contribution in [2.24, 2.45) is 0 Å². The van der Waals surface area contributed by atoms with Gasteiger partial charge < -0.3 is 10.1 Å². The van der Waals surface area contributed by atoms with Gasteiger partial charge >= 0.3 is 5.97 Å². The second kappa shape index (κ2) is 9.09. The van der Waals surface area contributed by atoms with Crippen molar-refractivity contribution in [2.45, 2.75) is 33.7 Å². The standard InChI is InChI=1S/C21H26N2O5S/c1-6-28-21(25)18-9-7-8-10-19(18)22-20(24)16(4)23(29(5,26)27)17-12-11-14(2)15(3)13-17/h7-13,16H,6H2,1-5H3,(H,22,24)/t16-/m1/s1. The van der Waals surface area contributed by atoms with E-state index >= 15 is 0 Å². The zero-order chi connectivity index (χ0) is 21.8. The summed E-state index contributed by atoms with van der Waals surface area (Å²) < 4.78 is 31.0. The van der Waals surface area contributed by atoms with E-state index in [1.54, 1.807) is 37.3 Å². The van der Waals surface area contributed by atoms with E-state index in [0.29, 0.717) is 5.69 Å². The summed E-state index contributed by atoms with van der Waals surface area (Å²) in [4.78, 5) is 25.0. The summed E-state index contributed by atoms with van der Waals surface area (Å²) in [5, 5.41) is 2.65. The molecule has 7 nitrogen and oxygen atoms in total. The summed E-state index contributed by atoms with van der Waals surface area (Å²) >= 11 is 0. The van der Waals surface area contributed by atoms with Crippen LogP contribution in [0.2, 0.25) is 0 Å². The van der Waals surface area contributed by atoms with Gasteiger partial charge in [0.2, 0.25) is 15.9 Å². The van der Waals surface area contributed by atoms with Crippen molar-refractivity contribution in [2.75, 3.05) is 22.5 Å². The molecule has 2 aromatic rings. The van der Waals surface area contributed by atoms with Crippen LogP contribution in [-0.2, 0) is 19.6 Å². The van der Waals surface area contributed by atoms with Gasteiger partial charge in [0.15, 0.2) is 0 Å². The molecule has 0 radical (unpaired) electrons. The molecule has 1 atom stereocenters. The average Bonchev–Trinajstić information content (AvgIpc) is 2.64. The van der Waals surface area contributed by atoms with E-state index in [9.17, 15) is 18.0 Å². The number of nitrogens with one attached hydrogen (secondary N) is 1. The average molecular weight is 419 g/mol. The number of anilines is 2. The summed E-state index contributed by atoms with van der Waals surface area (Å²) in [6.45, 7) is 7.19. The highest BCUT2D eigenvalue weighted by Gasteiger charge is 2.30. The first-order valence-corrected chi connectivity index (χ1v) is 11.0. The van der Waals surface area contributed by atoms with Crippen LogP contribution in [0.5, 0.6) is 0 Å². The van der Waals surface area contributed by atoms with Crippen molar-refractivity contribution >= 4 is 33.3 Å². The van der Waals surface area contributed by atoms with Gasteiger partial charge in [-0.15, -0.1) is 0 Å². The summed E-state index contributed by atoms with van der Waals surface area (Å²) in [6, 6.07) is 10.6. The van der Waals surface area contributed by atoms with Crippen LogP contribution in [0.4, 0.5) is 11.4 Å². The topological polar surface area (TPSA) is 92.8 Å². The van der Waals surface area contributed by atoms with E-state index in [1.807, 2.05) is 19.9 Å². The van der Waals surface area contributed by atoms with Crippen molar-refractivity contribution in [3.05, 3.63) is 59.2 Å². The fraction of sp³-hybridized carbons (Fsp3) is 0.333. The van der Waals surface area contributed by atoms with E-state index < -0.39 is 27.9 Å². The molecule has 0 aliphatic carbocycles. The fourth-order valence-electron chi connectivity index (χ4n) is 2.89. The molecule has 0 spiro atoms. The van der Waals surface area contributed by atoms with Crippen LogP contribution in [0.15, 0.2) is 42.5 Å². The third-order valence-corrected chi connectivity index (χ3v) is 5.76. The normalized spacial score (nSPS) is 12.2. The van der Waals surface area contributed by atoms with Crippen LogP contribution in [0.25, 0.3) is 0 Å². The third-order valence-electron chi connectivity index (χ3n) is 4.51. The van der Waals surface area contributed by atoms with Crippen LogP contribution >= 0.6 is 0 Å². The Balaban J connectivity index is 2.36. The molecule has 0 bridgehead atoms. The number of ether oxygens (including phenoxy) is 1. The first-order chi connectivity index (χ1) is 13.6. The monoisotopic (exact) mass is 418 g/mol. The van der Waals surface area contributed by atoms with Gasteiger partial charge in [0, 0.05) is 0 Å². The highest BCUT2D eigenvalue weighted by Crippen LogP contribution is 2.25. The molecule has 0 aliphatic heterocycles. The molecule has 0 saturated carbocycles. The van der Waals surface area contributed by atoms with Crippen LogP contribution in [0, 0.1) is 13.8 Å². The Morgan fingerprint density at radius 2 is 1.76 bits per heavy atom. The maximum Gasteiger partial charge on any atom is 0.340 e. The molecule has 0 aromatic heterocycles. The van der Waals surface area contributed by atoms with Crippen LogP contribution in [0.1, 0.15) is 35.3 Å². The highest BCUT2D eigenvalue weighted by atomic mass is 32.2. The van der Waals surface area contributed by atoms with Gasteiger partial charge in [-0.05, 0) is 63.1 Å². The number of carbonyl (C=O) groups is 2. The Labute approximate surface area is 171 Å². The molecule has 0 heterocycles. The van der Waals surface area contributed by atoms with Gasteiger partial charge in [0.1, 0.15) is 6.04 Å². The second-order valence-corrected chi connectivity index (χ2v) is 8.62. The molecule has 0 unspecified atom stereocenters. The Hall–Kier alpha value is -2.87. The molecule has 2 aromatic carbocycles. The van der Waals surface area contributed by atoms with E-state index in [-0.39, 0.29) is 17.9 Å². The summed E-state index contributed by atoms with van der Waals surface area (Å²) in [6.07, 6.45) is 1.05. The molecule has 0 saturated heterocycles. The summed E-state index contributed by atoms with van der Waals surface area (Å²) in [5.74, 6) is -1.13. The molecule has 1 amide bonds. The molecule has 1 N–H and O–H groups in total. The van der Waals surface area contributed by atoms with Crippen molar-refractivity contribution < 1.29 is 22.7 Å². The second-order valence-electron chi connectivity index (χ2n) is 6.76. The molecule has 29 heavy (non-hydrogen) atoms. The molecule has 2 rings (SSSR count). The lowest BCUT2D eigenvalue weighted by molar-refractivity contribution is -0.116. The Bertz CT molecular complexity index is 1020. The molecule has 156 valence electrons. The minimum absolute atomic E-state index is 0.201. The summed E-state index contributed by atoms with van der Waals surface area (Å²) in [7, 11) is -3.74. The zero-order valence-corrected chi connectivity index (χ0v) is 18.0. The quantitative estimate of drug-likeness (QED) is 0.697. The SMILES string of the molecule is CCOC(=O)c1ccccc1NC(=O)[C@@H](C)N(c1ccc(C)c(C)c1)S(C)(=O)=O. The first kappa shape index (κ1) is 22.4. The number of carbonyl (C=O) groups excluding carboxylic acids is 2. The molecule has 0 fully saturated rings. The number of para-hydroxylation sites is 1. The number of sulfonamides is 1. The minimum Gasteiger partial charge on any atom is -0.462 e. The Kier molecular flexibility index (Phi) is 7.02. The predicted molar refractivity (Wildman–Crippen MR) is 114 cm³/mol. The van der Waals surface area contributed by atoms with Gasteiger partial charge in [-0.3, -0.25) is 9.10 Å². The Morgan fingerprint density at radius 1 is 1.10 bits per heavy atom. The molecular formula is C21H26N2O5S. The maximum atomic E-state index is 12.9. The molecular weight excluding hydrogens is 392 g/mol. The number of nitrogens with zero attached hydrogens (tertiary/aromatic N) is 1. The lowest BCUT2D eigenvalue weighted by atomic mass is 10.1. The van der Waals surface area contributed by atoms with Gasteiger partial charge in [-0.1, -0.05) is 18.2 Å². The van der Waals surface area contributed by atoms with E-state index in [2.05, 4.69) is 5.32 Å². The van der Waals surface area contributed by atoms with Crippen molar-refractivity contribution in [1.82, 2.24) is 0 Å². The Morgan fingerprint density at radius 3 is 2.34 bits per heavy atom. The highest BCUT2D eigenvalue weighted by molar-refractivity contribution is 7.92. The number of rotatable bonds is 7. The number of aryl methyl sites for hydroxylation is 2. The van der Waals surface area contributed by atoms with E-state index in [0.717, 1.165) is 21.7 Å². The van der Waals surface area contributed by atoms with Crippen LogP contribution in [0.3, 0.4) is 0 Å². The first-order valence-electron chi connectivity index (χ1n) is 9.20. The number of amides is 1. The molecule has 8 heteroatoms. The van der Waals surface area contributed by atoms with Gasteiger partial charge in [0.25, 0.3) is 0 Å². The maximum absolute atomic E-state index is 12.9. The fourth-order valence-corrected chi connectivity index (χ4v) is 4.05. The number of benzene rings is 2. The molecule has 0 aliphatic rings. The van der Waals surface area contributed by atoms with Crippen molar-refractivity contribution in [3.8, 4) is 0 Å².